The van der Waals surface area contributed by atoms with Gasteiger partial charge in [0, 0.05) is 37.7 Å². The summed E-state index contributed by atoms with van der Waals surface area (Å²) in [6.07, 6.45) is 2.71. The van der Waals surface area contributed by atoms with Crippen LogP contribution in [-0.2, 0) is 0 Å². The number of methoxy groups -OCH3 is 1. The van der Waals surface area contributed by atoms with E-state index < -0.39 is 0 Å². The fraction of sp³-hybridized carbons (Fsp3) is 0.333. The van der Waals surface area contributed by atoms with E-state index >= 15 is 0 Å². The van der Waals surface area contributed by atoms with Crippen LogP contribution >= 0.6 is 0 Å². The van der Waals surface area contributed by atoms with Crippen molar-refractivity contribution < 1.29 is 9.53 Å². The number of nitrogens with zero attached hydrogens (tertiary/aromatic N) is 6. The summed E-state index contributed by atoms with van der Waals surface area (Å²) in [6, 6.07) is 17.3. The third-order valence-corrected chi connectivity index (χ3v) is 6.36. The van der Waals surface area contributed by atoms with Crippen LogP contribution < -0.4 is 9.64 Å². The lowest BCUT2D eigenvalue weighted by Gasteiger charge is -2.24. The molecule has 2 aromatic heterocycles. The monoisotopic (exact) mass is 470 g/mol. The van der Waals surface area contributed by atoms with Gasteiger partial charge in [0.15, 0.2) is 5.65 Å². The van der Waals surface area contributed by atoms with Gasteiger partial charge in [-0.25, -0.2) is 14.6 Å². The molecule has 0 unspecified atom stereocenters. The summed E-state index contributed by atoms with van der Waals surface area (Å²) >= 11 is 0. The molecule has 5 rings (SSSR count). The van der Waals surface area contributed by atoms with Crippen LogP contribution in [0.15, 0.2) is 60.8 Å². The highest BCUT2D eigenvalue weighted by molar-refractivity contribution is 5.94. The molecular formula is C27H30N6O2. The van der Waals surface area contributed by atoms with E-state index in [1.54, 1.807) is 7.11 Å². The van der Waals surface area contributed by atoms with Crippen LogP contribution in [0.3, 0.4) is 0 Å². The summed E-state index contributed by atoms with van der Waals surface area (Å²) in [5, 5.41) is 5.58. The highest BCUT2D eigenvalue weighted by Crippen LogP contribution is 2.28. The number of benzene rings is 2. The van der Waals surface area contributed by atoms with Crippen molar-refractivity contribution in [2.24, 2.45) is 0 Å². The number of ether oxygens (including phenoxy) is 1. The van der Waals surface area contributed by atoms with E-state index in [-0.39, 0.29) is 11.8 Å². The molecule has 0 saturated carbocycles. The first-order chi connectivity index (χ1) is 17.0. The first-order valence-corrected chi connectivity index (χ1v) is 12.0. The summed E-state index contributed by atoms with van der Waals surface area (Å²) < 4.78 is 7.10. The van der Waals surface area contributed by atoms with Gasteiger partial charge in [-0.2, -0.15) is 5.10 Å². The number of aromatic nitrogens is 4. The maximum absolute atomic E-state index is 13.1. The standard InChI is InChI=1S/C27H30N6O2/c1-19(2)24-29-25(23-18-28-33(26(23)30-24)21-8-5-4-6-9-21)31-14-7-15-32(17-16-31)27(34)20-10-12-22(35-3)13-11-20/h4-6,8-13,18-19H,7,14-17H2,1-3H3. The number of anilines is 1. The lowest BCUT2D eigenvalue weighted by atomic mass is 10.2. The molecule has 180 valence electrons. The Bertz CT molecular complexity index is 1320. The molecule has 0 spiro atoms. The normalized spacial score (nSPS) is 14.4. The van der Waals surface area contributed by atoms with Crippen molar-refractivity contribution >= 4 is 22.8 Å². The van der Waals surface area contributed by atoms with Gasteiger partial charge >= 0.3 is 0 Å². The zero-order valence-electron chi connectivity index (χ0n) is 20.4. The second-order valence-electron chi connectivity index (χ2n) is 9.05. The molecule has 35 heavy (non-hydrogen) atoms. The van der Waals surface area contributed by atoms with Crippen molar-refractivity contribution in [2.75, 3.05) is 38.2 Å². The molecule has 1 saturated heterocycles. The van der Waals surface area contributed by atoms with Gasteiger partial charge in [-0.3, -0.25) is 4.79 Å². The third-order valence-electron chi connectivity index (χ3n) is 6.36. The first kappa shape index (κ1) is 22.8. The molecule has 0 radical (unpaired) electrons. The van der Waals surface area contributed by atoms with Crippen LogP contribution in [-0.4, -0.2) is 63.8 Å². The van der Waals surface area contributed by atoms with E-state index in [0.29, 0.717) is 25.2 Å². The molecule has 4 aromatic rings. The van der Waals surface area contributed by atoms with Crippen molar-refractivity contribution in [3.63, 3.8) is 0 Å². The van der Waals surface area contributed by atoms with Crippen LogP contribution in [0.5, 0.6) is 5.75 Å². The van der Waals surface area contributed by atoms with E-state index in [1.807, 2.05) is 70.4 Å². The lowest BCUT2D eigenvalue weighted by Crippen LogP contribution is -2.35. The Labute approximate surface area is 205 Å². The number of hydrogen-bond acceptors (Lipinski definition) is 6. The molecule has 1 amide bonds. The van der Waals surface area contributed by atoms with Gasteiger partial charge in [-0.15, -0.1) is 0 Å². The number of hydrogen-bond donors (Lipinski definition) is 0. The van der Waals surface area contributed by atoms with Crippen molar-refractivity contribution in [1.82, 2.24) is 24.6 Å². The SMILES string of the molecule is COc1ccc(C(=O)N2CCCN(c3nc(C(C)C)nc4c3cnn4-c3ccccc3)CC2)cc1. The minimum atomic E-state index is 0.0436. The average molecular weight is 471 g/mol. The van der Waals surface area contributed by atoms with Crippen molar-refractivity contribution in [3.8, 4) is 11.4 Å². The summed E-state index contributed by atoms with van der Waals surface area (Å²) in [7, 11) is 1.62. The van der Waals surface area contributed by atoms with Gasteiger partial charge in [-0.1, -0.05) is 32.0 Å². The van der Waals surface area contributed by atoms with Gasteiger partial charge in [0.25, 0.3) is 5.91 Å². The molecule has 0 bridgehead atoms. The van der Waals surface area contributed by atoms with Gasteiger partial charge in [0.1, 0.15) is 17.4 Å². The molecule has 0 atom stereocenters. The summed E-state index contributed by atoms with van der Waals surface area (Å²) in [5.41, 5.74) is 2.45. The van der Waals surface area contributed by atoms with E-state index in [2.05, 4.69) is 23.8 Å². The number of carbonyl (C=O) groups excluding carboxylic acids is 1. The Balaban J connectivity index is 1.44. The van der Waals surface area contributed by atoms with E-state index in [9.17, 15) is 4.79 Å². The number of rotatable bonds is 5. The predicted molar refractivity (Wildman–Crippen MR) is 136 cm³/mol. The van der Waals surface area contributed by atoms with Crippen LogP contribution in [0.1, 0.15) is 42.4 Å². The van der Waals surface area contributed by atoms with Crippen molar-refractivity contribution in [3.05, 3.63) is 72.2 Å². The van der Waals surface area contributed by atoms with Crippen LogP contribution in [0.2, 0.25) is 0 Å². The smallest absolute Gasteiger partial charge is 0.253 e. The number of fused-ring (bicyclic) bond motifs is 1. The highest BCUT2D eigenvalue weighted by atomic mass is 16.5. The maximum Gasteiger partial charge on any atom is 0.253 e. The molecule has 8 nitrogen and oxygen atoms in total. The molecule has 8 heteroatoms. The minimum absolute atomic E-state index is 0.0436. The second-order valence-corrected chi connectivity index (χ2v) is 9.05. The summed E-state index contributed by atoms with van der Waals surface area (Å²) in [5.74, 6) is 2.65. The molecular weight excluding hydrogens is 440 g/mol. The summed E-state index contributed by atoms with van der Waals surface area (Å²) in [6.45, 7) is 7.04. The minimum Gasteiger partial charge on any atom is -0.497 e. The zero-order chi connectivity index (χ0) is 24.4. The Morgan fingerprint density at radius 1 is 0.943 bits per heavy atom. The van der Waals surface area contributed by atoms with E-state index in [4.69, 9.17) is 14.7 Å². The van der Waals surface area contributed by atoms with E-state index in [1.165, 1.54) is 0 Å². The van der Waals surface area contributed by atoms with Crippen LogP contribution in [0.25, 0.3) is 16.7 Å². The summed E-state index contributed by atoms with van der Waals surface area (Å²) in [4.78, 5) is 27.2. The molecule has 3 heterocycles. The average Bonchev–Trinajstić information content (AvgIpc) is 3.17. The Morgan fingerprint density at radius 3 is 2.43 bits per heavy atom. The largest absolute Gasteiger partial charge is 0.497 e. The molecule has 2 aromatic carbocycles. The van der Waals surface area contributed by atoms with Crippen molar-refractivity contribution in [1.29, 1.82) is 0 Å². The molecule has 1 aliphatic heterocycles. The number of carbonyl (C=O) groups is 1. The Kier molecular flexibility index (Phi) is 6.35. The maximum atomic E-state index is 13.1. The zero-order valence-corrected chi connectivity index (χ0v) is 20.4. The molecule has 1 fully saturated rings. The Hall–Kier alpha value is -3.94. The van der Waals surface area contributed by atoms with Crippen molar-refractivity contribution in [2.45, 2.75) is 26.2 Å². The first-order valence-electron chi connectivity index (χ1n) is 12.0. The van der Waals surface area contributed by atoms with Gasteiger partial charge in [-0.05, 0) is 42.8 Å². The lowest BCUT2D eigenvalue weighted by molar-refractivity contribution is 0.0767. The highest BCUT2D eigenvalue weighted by Gasteiger charge is 2.24. The van der Waals surface area contributed by atoms with Crippen LogP contribution in [0.4, 0.5) is 5.82 Å². The van der Waals surface area contributed by atoms with Gasteiger partial charge in [0.05, 0.1) is 24.4 Å². The topological polar surface area (TPSA) is 76.4 Å². The second kappa shape index (κ2) is 9.74. The van der Waals surface area contributed by atoms with E-state index in [0.717, 1.165) is 47.1 Å². The molecule has 0 aliphatic carbocycles. The quantitative estimate of drug-likeness (QED) is 0.433. The molecule has 1 aliphatic rings. The van der Waals surface area contributed by atoms with Gasteiger partial charge < -0.3 is 14.5 Å². The Morgan fingerprint density at radius 2 is 1.71 bits per heavy atom. The molecule has 0 N–H and O–H groups in total. The van der Waals surface area contributed by atoms with Crippen LogP contribution in [0, 0.1) is 0 Å². The predicted octanol–water partition coefficient (Wildman–Crippen LogP) is 4.30. The number of para-hydroxylation sites is 1. The fourth-order valence-corrected chi connectivity index (χ4v) is 4.42. The third kappa shape index (κ3) is 4.56. The number of amides is 1. The van der Waals surface area contributed by atoms with Gasteiger partial charge in [0.2, 0.25) is 0 Å². The fourth-order valence-electron chi connectivity index (χ4n) is 4.42.